The Labute approximate surface area is 325 Å². The Kier molecular flexibility index (Phi) is 10.9. The van der Waals surface area contributed by atoms with Gasteiger partial charge in [-0.2, -0.15) is 5.26 Å². The number of nitrogens with one attached hydrogen (secondary N) is 2. The number of ether oxygens (including phenoxy) is 1. The molecule has 4 fully saturated rings. The van der Waals surface area contributed by atoms with E-state index in [4.69, 9.17) is 21.6 Å². The fourth-order valence-corrected chi connectivity index (χ4v) is 8.95. The molecular weight excluding hydrogens is 718 g/mol. The zero-order chi connectivity index (χ0) is 37.9. The van der Waals surface area contributed by atoms with Gasteiger partial charge in [-0.3, -0.25) is 19.8 Å². The second-order valence-corrected chi connectivity index (χ2v) is 15.7. The Balaban J connectivity index is 0.791. The van der Waals surface area contributed by atoms with E-state index in [1.165, 1.54) is 6.42 Å². The summed E-state index contributed by atoms with van der Waals surface area (Å²) >= 11 is 6.16. The van der Waals surface area contributed by atoms with Gasteiger partial charge in [0.05, 0.1) is 27.9 Å². The van der Waals surface area contributed by atoms with E-state index >= 15 is 0 Å². The smallest absolute Gasteiger partial charge is 0.328 e. The van der Waals surface area contributed by atoms with Crippen molar-refractivity contribution in [3.8, 4) is 11.8 Å². The van der Waals surface area contributed by atoms with E-state index in [-0.39, 0.29) is 30.0 Å². The number of nitrogens with zero attached hydrogens (tertiary/aromatic N) is 7. The Hall–Kier alpha value is -5.19. The maximum Gasteiger partial charge on any atom is 0.328 e. The van der Waals surface area contributed by atoms with Crippen molar-refractivity contribution in [2.24, 2.45) is 5.92 Å². The molecule has 4 aliphatic rings. The number of fused-ring (bicyclic) bond motifs is 1. The summed E-state index contributed by atoms with van der Waals surface area (Å²) in [7, 11) is 0. The molecule has 2 N–H and O–H groups in total. The van der Waals surface area contributed by atoms with Crippen molar-refractivity contribution < 1.29 is 19.1 Å². The van der Waals surface area contributed by atoms with Crippen molar-refractivity contribution in [3.05, 3.63) is 77.1 Å². The van der Waals surface area contributed by atoms with Crippen LogP contribution in [0.2, 0.25) is 5.02 Å². The molecule has 55 heavy (non-hydrogen) atoms. The van der Waals surface area contributed by atoms with Crippen LogP contribution in [0.4, 0.5) is 16.3 Å². The average molecular weight is 764 g/mol. The summed E-state index contributed by atoms with van der Waals surface area (Å²) in [6, 6.07) is 19.1. The van der Waals surface area contributed by atoms with Gasteiger partial charge in [-0.1, -0.05) is 17.7 Å². The first-order chi connectivity index (χ1) is 26.8. The van der Waals surface area contributed by atoms with E-state index in [1.807, 2.05) is 18.2 Å². The van der Waals surface area contributed by atoms with Crippen molar-refractivity contribution in [2.45, 2.75) is 76.0 Å². The number of benzene rings is 2. The number of nitriles is 1. The molecule has 3 aliphatic heterocycles. The van der Waals surface area contributed by atoms with Gasteiger partial charge in [0, 0.05) is 75.4 Å². The first kappa shape index (κ1) is 36.8. The molecule has 286 valence electrons. The zero-order valence-electron chi connectivity index (χ0n) is 30.8. The first-order valence-corrected chi connectivity index (χ1v) is 19.9. The number of anilines is 2. The maximum atomic E-state index is 13.1. The largest absolute Gasteiger partial charge is 0.490 e. The molecule has 8 rings (SSSR count). The summed E-state index contributed by atoms with van der Waals surface area (Å²) in [4.78, 5) is 43.9. The number of imide groups is 1. The molecule has 1 atom stereocenters. The van der Waals surface area contributed by atoms with Crippen LogP contribution in [0.3, 0.4) is 0 Å². The van der Waals surface area contributed by atoms with Crippen LogP contribution in [0, 0.1) is 17.2 Å². The first-order valence-electron chi connectivity index (χ1n) is 19.5. The SMILES string of the molecule is N#Cc1ccc(OC2CCC(NC(=O)c3ccc(N4CCCC(CN5CCC(n6ccc7c(N8CCC(=O)NC8=O)cccc76)CC5)C4)nn3)CC2)cc1Cl. The fraction of sp³-hybridized carbons (Fsp3) is 0.463. The topological polar surface area (TPSA) is 149 Å². The number of amides is 4. The summed E-state index contributed by atoms with van der Waals surface area (Å²) in [5.41, 5.74) is 2.71. The van der Waals surface area contributed by atoms with E-state index in [0.717, 1.165) is 100 Å². The third-order valence-corrected chi connectivity index (χ3v) is 12.0. The molecule has 3 saturated heterocycles. The van der Waals surface area contributed by atoms with Gasteiger partial charge >= 0.3 is 6.03 Å². The molecule has 1 unspecified atom stereocenters. The molecule has 13 nitrogen and oxygen atoms in total. The van der Waals surface area contributed by atoms with Gasteiger partial charge in [0.25, 0.3) is 5.91 Å². The maximum absolute atomic E-state index is 13.1. The molecule has 1 aliphatic carbocycles. The third-order valence-electron chi connectivity index (χ3n) is 11.7. The number of piperidine rings is 2. The highest BCUT2D eigenvalue weighted by atomic mass is 35.5. The number of carbonyl (C=O) groups excluding carboxylic acids is 3. The number of hydrogen-bond acceptors (Lipinski definition) is 9. The number of halogens is 1. The number of likely N-dealkylation sites (tertiary alicyclic amines) is 1. The molecule has 4 aromatic rings. The van der Waals surface area contributed by atoms with Gasteiger partial charge in [0.2, 0.25) is 5.91 Å². The summed E-state index contributed by atoms with van der Waals surface area (Å²) in [6.07, 6.45) is 10.1. The quantitative estimate of drug-likeness (QED) is 0.207. The molecule has 0 radical (unpaired) electrons. The van der Waals surface area contributed by atoms with Gasteiger partial charge in [-0.25, -0.2) is 4.79 Å². The Morgan fingerprint density at radius 2 is 1.80 bits per heavy atom. The normalized spacial score (nSPS) is 22.7. The monoisotopic (exact) mass is 763 g/mol. The van der Waals surface area contributed by atoms with Gasteiger partial charge < -0.3 is 24.4 Å². The van der Waals surface area contributed by atoms with Gasteiger partial charge in [0.15, 0.2) is 11.5 Å². The minimum Gasteiger partial charge on any atom is -0.490 e. The van der Waals surface area contributed by atoms with E-state index in [0.29, 0.717) is 47.0 Å². The Bertz CT molecular complexity index is 2080. The van der Waals surface area contributed by atoms with Crippen molar-refractivity contribution in [1.29, 1.82) is 5.26 Å². The predicted molar refractivity (Wildman–Crippen MR) is 209 cm³/mol. The minimum absolute atomic E-state index is 0.0318. The summed E-state index contributed by atoms with van der Waals surface area (Å²) < 4.78 is 8.46. The molecule has 0 spiro atoms. The standard InChI is InChI=1S/C41H46ClN9O4/c42-34-23-32(9-6-28(34)24-43)55-31-10-7-29(8-11-31)44-40(53)35-12-13-38(47-46-35)49-18-2-3-27(26-49)25-48-19-14-30(15-20-48)50-21-16-33-36(50)4-1-5-37(33)51-22-17-39(52)45-41(51)54/h1,4-6,9,12-13,16,21,23,27,29-31H,2-3,7-8,10-11,14-15,17-20,22,25-26H2,(H,44,53)(H,45,52,54). The van der Waals surface area contributed by atoms with Gasteiger partial charge in [0.1, 0.15) is 11.8 Å². The Morgan fingerprint density at radius 3 is 2.55 bits per heavy atom. The number of carbonyl (C=O) groups is 3. The molecule has 0 bridgehead atoms. The van der Waals surface area contributed by atoms with Crippen LogP contribution >= 0.6 is 11.6 Å². The van der Waals surface area contributed by atoms with Gasteiger partial charge in [-0.05, 0) is 99.7 Å². The minimum atomic E-state index is -0.357. The van der Waals surface area contributed by atoms with Crippen LogP contribution in [0.15, 0.2) is 60.8 Å². The van der Waals surface area contributed by atoms with Crippen LogP contribution in [0.1, 0.15) is 79.9 Å². The fourth-order valence-electron chi connectivity index (χ4n) is 8.74. The molecule has 2 aromatic heterocycles. The highest BCUT2D eigenvalue weighted by molar-refractivity contribution is 6.31. The lowest BCUT2D eigenvalue weighted by molar-refractivity contribution is -0.120. The van der Waals surface area contributed by atoms with Crippen molar-refractivity contribution in [2.75, 3.05) is 49.1 Å². The molecule has 4 amide bonds. The van der Waals surface area contributed by atoms with E-state index in [9.17, 15) is 14.4 Å². The van der Waals surface area contributed by atoms with Crippen LogP contribution in [0.5, 0.6) is 5.75 Å². The lowest BCUT2D eigenvalue weighted by Crippen LogP contribution is -2.49. The zero-order valence-corrected chi connectivity index (χ0v) is 31.6. The predicted octanol–water partition coefficient (Wildman–Crippen LogP) is 6.08. The molecule has 2 aromatic carbocycles. The second-order valence-electron chi connectivity index (χ2n) is 15.3. The number of rotatable bonds is 9. The van der Waals surface area contributed by atoms with Crippen molar-refractivity contribution in [1.82, 2.24) is 30.3 Å². The lowest BCUT2D eigenvalue weighted by atomic mass is 9.92. The van der Waals surface area contributed by atoms with E-state index < -0.39 is 0 Å². The highest BCUT2D eigenvalue weighted by Gasteiger charge is 2.30. The second kappa shape index (κ2) is 16.3. The van der Waals surface area contributed by atoms with Crippen LogP contribution in [-0.4, -0.2) is 88.9 Å². The summed E-state index contributed by atoms with van der Waals surface area (Å²) in [6.45, 7) is 5.34. The summed E-state index contributed by atoms with van der Waals surface area (Å²) in [5, 5.41) is 24.9. The number of aromatic nitrogens is 3. The van der Waals surface area contributed by atoms with Crippen molar-refractivity contribution in [3.63, 3.8) is 0 Å². The Morgan fingerprint density at radius 1 is 0.964 bits per heavy atom. The van der Waals surface area contributed by atoms with Gasteiger partial charge in [-0.15, -0.1) is 10.2 Å². The van der Waals surface area contributed by atoms with Crippen molar-refractivity contribution >= 4 is 51.9 Å². The number of urea groups is 1. The summed E-state index contributed by atoms with van der Waals surface area (Å²) in [5.74, 6) is 1.56. The van der Waals surface area contributed by atoms with Crippen LogP contribution in [0.25, 0.3) is 10.9 Å². The molecule has 14 heteroatoms. The molecular formula is C41H46ClN9O4. The van der Waals surface area contributed by atoms with Crippen LogP contribution in [-0.2, 0) is 4.79 Å². The lowest BCUT2D eigenvalue weighted by Gasteiger charge is -2.39. The highest BCUT2D eigenvalue weighted by Crippen LogP contribution is 2.34. The molecule has 5 heterocycles. The third kappa shape index (κ3) is 8.26. The van der Waals surface area contributed by atoms with Crippen LogP contribution < -0.4 is 25.2 Å². The molecule has 1 saturated carbocycles. The van der Waals surface area contributed by atoms with E-state index in [1.54, 1.807) is 29.2 Å². The number of hydrogen-bond donors (Lipinski definition) is 2. The van der Waals surface area contributed by atoms with E-state index in [2.05, 4.69) is 59.6 Å². The average Bonchev–Trinajstić information content (AvgIpc) is 3.64.